The molecule has 1 aromatic carbocycles. The summed E-state index contributed by atoms with van der Waals surface area (Å²) < 4.78 is 0. The molecule has 1 atom stereocenters. The van der Waals surface area contributed by atoms with E-state index in [1.54, 1.807) is 6.20 Å². The minimum Gasteiger partial charge on any atom is -0.337 e. The van der Waals surface area contributed by atoms with Gasteiger partial charge in [-0.15, -0.1) is 0 Å². The van der Waals surface area contributed by atoms with Gasteiger partial charge in [0, 0.05) is 30.7 Å². The summed E-state index contributed by atoms with van der Waals surface area (Å²) in [5.74, 6) is 0. The first-order chi connectivity index (χ1) is 11.2. The van der Waals surface area contributed by atoms with Gasteiger partial charge in [-0.25, -0.2) is 4.79 Å². The van der Waals surface area contributed by atoms with Gasteiger partial charge in [-0.05, 0) is 38.4 Å². The van der Waals surface area contributed by atoms with E-state index in [1.165, 1.54) is 19.3 Å². The highest BCUT2D eigenvalue weighted by atomic mass is 16.2. The SMILES string of the molecule is CC1CCCCN1CCNC(=O)Nc1cccc2cccnc12. The number of nitrogens with one attached hydrogen (secondary N) is 2. The van der Waals surface area contributed by atoms with E-state index in [1.807, 2.05) is 30.3 Å². The number of urea groups is 1. The summed E-state index contributed by atoms with van der Waals surface area (Å²) >= 11 is 0. The largest absolute Gasteiger partial charge is 0.337 e. The zero-order chi connectivity index (χ0) is 16.1. The fourth-order valence-electron chi connectivity index (χ4n) is 3.17. The number of likely N-dealkylation sites (tertiary alicyclic amines) is 1. The molecule has 5 nitrogen and oxygen atoms in total. The van der Waals surface area contributed by atoms with E-state index in [9.17, 15) is 4.79 Å². The predicted molar refractivity (Wildman–Crippen MR) is 93.7 cm³/mol. The van der Waals surface area contributed by atoms with Gasteiger partial charge in [0.2, 0.25) is 0 Å². The first-order valence-electron chi connectivity index (χ1n) is 8.37. The van der Waals surface area contributed by atoms with Gasteiger partial charge in [0.1, 0.15) is 0 Å². The Morgan fingerprint density at radius 2 is 2.17 bits per heavy atom. The van der Waals surface area contributed by atoms with Crippen LogP contribution in [0.25, 0.3) is 10.9 Å². The second kappa shape index (κ2) is 7.42. The molecule has 2 heterocycles. The van der Waals surface area contributed by atoms with Gasteiger partial charge in [-0.2, -0.15) is 0 Å². The van der Waals surface area contributed by atoms with Crippen molar-refractivity contribution in [2.75, 3.05) is 25.0 Å². The number of para-hydroxylation sites is 1. The number of anilines is 1. The molecule has 1 unspecified atom stereocenters. The summed E-state index contributed by atoms with van der Waals surface area (Å²) in [5.41, 5.74) is 1.56. The van der Waals surface area contributed by atoms with Crippen molar-refractivity contribution in [1.82, 2.24) is 15.2 Å². The molecule has 2 aromatic rings. The second-order valence-corrected chi connectivity index (χ2v) is 6.14. The Hall–Kier alpha value is -2.14. The van der Waals surface area contributed by atoms with Crippen LogP contribution in [0.2, 0.25) is 0 Å². The van der Waals surface area contributed by atoms with Gasteiger partial charge >= 0.3 is 6.03 Å². The van der Waals surface area contributed by atoms with E-state index >= 15 is 0 Å². The lowest BCUT2D eigenvalue weighted by Gasteiger charge is -2.33. The van der Waals surface area contributed by atoms with Gasteiger partial charge in [-0.1, -0.05) is 24.6 Å². The first kappa shape index (κ1) is 15.7. The molecule has 5 heteroatoms. The standard InChI is InChI=1S/C18H24N4O/c1-14-6-2-3-12-22(14)13-11-20-18(23)21-16-9-4-7-15-8-5-10-19-17(15)16/h4-5,7-10,14H,2-3,6,11-13H2,1H3,(H2,20,21,23). The molecule has 1 saturated heterocycles. The van der Waals surface area contributed by atoms with Gasteiger partial charge in [-0.3, -0.25) is 9.88 Å². The third-order valence-electron chi connectivity index (χ3n) is 4.51. The molecule has 0 saturated carbocycles. The quantitative estimate of drug-likeness (QED) is 0.911. The Balaban J connectivity index is 1.53. The number of benzene rings is 1. The van der Waals surface area contributed by atoms with Crippen LogP contribution >= 0.6 is 0 Å². The maximum Gasteiger partial charge on any atom is 0.319 e. The number of carbonyl (C=O) groups excluding carboxylic acids is 1. The molecule has 1 aromatic heterocycles. The van der Waals surface area contributed by atoms with Crippen LogP contribution < -0.4 is 10.6 Å². The molecule has 0 aliphatic carbocycles. The van der Waals surface area contributed by atoms with Crippen LogP contribution in [0.15, 0.2) is 36.5 Å². The van der Waals surface area contributed by atoms with Gasteiger partial charge in [0.05, 0.1) is 11.2 Å². The molecule has 1 aliphatic heterocycles. The zero-order valence-corrected chi connectivity index (χ0v) is 13.6. The molecular weight excluding hydrogens is 288 g/mol. The molecule has 122 valence electrons. The lowest BCUT2D eigenvalue weighted by molar-refractivity contribution is 0.162. The predicted octanol–water partition coefficient (Wildman–Crippen LogP) is 3.23. The lowest BCUT2D eigenvalue weighted by atomic mass is 10.0. The first-order valence-corrected chi connectivity index (χ1v) is 8.37. The van der Waals surface area contributed by atoms with Crippen molar-refractivity contribution in [3.8, 4) is 0 Å². The van der Waals surface area contributed by atoms with Crippen LogP contribution in [0.5, 0.6) is 0 Å². The number of hydrogen-bond acceptors (Lipinski definition) is 3. The molecule has 2 N–H and O–H groups in total. The molecule has 2 amide bonds. The number of nitrogens with zero attached hydrogens (tertiary/aromatic N) is 2. The van der Waals surface area contributed by atoms with E-state index in [0.29, 0.717) is 12.6 Å². The van der Waals surface area contributed by atoms with E-state index < -0.39 is 0 Å². The number of pyridine rings is 1. The van der Waals surface area contributed by atoms with Crippen LogP contribution in [0, 0.1) is 0 Å². The van der Waals surface area contributed by atoms with Crippen molar-refractivity contribution in [2.45, 2.75) is 32.2 Å². The summed E-state index contributed by atoms with van der Waals surface area (Å²) in [4.78, 5) is 18.9. The van der Waals surface area contributed by atoms with E-state index in [0.717, 1.165) is 29.7 Å². The number of aromatic nitrogens is 1. The van der Waals surface area contributed by atoms with Crippen LogP contribution in [0.1, 0.15) is 26.2 Å². The third kappa shape index (κ3) is 3.99. The number of carbonyl (C=O) groups is 1. The average Bonchev–Trinajstić information content (AvgIpc) is 2.57. The Bertz CT molecular complexity index is 668. The molecule has 0 radical (unpaired) electrons. The second-order valence-electron chi connectivity index (χ2n) is 6.14. The van der Waals surface area contributed by atoms with Crippen molar-refractivity contribution in [3.05, 3.63) is 36.5 Å². The summed E-state index contributed by atoms with van der Waals surface area (Å²) in [6.07, 6.45) is 5.58. The van der Waals surface area contributed by atoms with Gasteiger partial charge in [0.15, 0.2) is 0 Å². The highest BCUT2D eigenvalue weighted by molar-refractivity contribution is 5.99. The Kier molecular flexibility index (Phi) is 5.08. The number of hydrogen-bond donors (Lipinski definition) is 2. The molecule has 0 spiro atoms. The fraction of sp³-hybridized carbons (Fsp3) is 0.444. The monoisotopic (exact) mass is 312 g/mol. The highest BCUT2D eigenvalue weighted by Gasteiger charge is 2.17. The summed E-state index contributed by atoms with van der Waals surface area (Å²) in [5, 5.41) is 6.87. The molecule has 0 bridgehead atoms. The van der Waals surface area contributed by atoms with Crippen LogP contribution in [0.3, 0.4) is 0 Å². The van der Waals surface area contributed by atoms with Crippen LogP contribution in [-0.4, -0.2) is 41.6 Å². The van der Waals surface area contributed by atoms with Gasteiger partial charge < -0.3 is 10.6 Å². The highest BCUT2D eigenvalue weighted by Crippen LogP contribution is 2.20. The number of fused-ring (bicyclic) bond motifs is 1. The topological polar surface area (TPSA) is 57.3 Å². The maximum atomic E-state index is 12.1. The average molecular weight is 312 g/mol. The van der Waals surface area contributed by atoms with Crippen molar-refractivity contribution in [3.63, 3.8) is 0 Å². The molecule has 1 fully saturated rings. The lowest BCUT2D eigenvalue weighted by Crippen LogP contribution is -2.43. The van der Waals surface area contributed by atoms with Crippen LogP contribution in [-0.2, 0) is 0 Å². The summed E-state index contributed by atoms with van der Waals surface area (Å²) in [6, 6.07) is 10.1. The van der Waals surface area contributed by atoms with E-state index in [2.05, 4.69) is 27.4 Å². The van der Waals surface area contributed by atoms with Crippen molar-refractivity contribution in [2.24, 2.45) is 0 Å². The fourth-order valence-corrected chi connectivity index (χ4v) is 3.17. The number of piperidine rings is 1. The molecular formula is C18H24N4O. The Labute approximate surface area is 137 Å². The smallest absolute Gasteiger partial charge is 0.319 e. The number of rotatable bonds is 4. The Morgan fingerprint density at radius 3 is 3.04 bits per heavy atom. The minimum atomic E-state index is -0.173. The van der Waals surface area contributed by atoms with Crippen molar-refractivity contribution >= 4 is 22.6 Å². The normalized spacial score (nSPS) is 18.7. The van der Waals surface area contributed by atoms with Crippen LogP contribution in [0.4, 0.5) is 10.5 Å². The maximum absolute atomic E-state index is 12.1. The summed E-state index contributed by atoms with van der Waals surface area (Å²) in [7, 11) is 0. The zero-order valence-electron chi connectivity index (χ0n) is 13.6. The minimum absolute atomic E-state index is 0.173. The van der Waals surface area contributed by atoms with E-state index in [4.69, 9.17) is 0 Å². The van der Waals surface area contributed by atoms with Gasteiger partial charge in [0.25, 0.3) is 0 Å². The summed E-state index contributed by atoms with van der Waals surface area (Å²) in [6.45, 7) is 4.97. The third-order valence-corrected chi connectivity index (χ3v) is 4.51. The molecule has 23 heavy (non-hydrogen) atoms. The number of amides is 2. The van der Waals surface area contributed by atoms with Crippen molar-refractivity contribution < 1.29 is 4.79 Å². The molecule has 3 rings (SSSR count). The van der Waals surface area contributed by atoms with Crippen molar-refractivity contribution in [1.29, 1.82) is 0 Å². The molecule has 1 aliphatic rings. The Morgan fingerprint density at radius 1 is 1.30 bits per heavy atom. The van der Waals surface area contributed by atoms with E-state index in [-0.39, 0.29) is 6.03 Å².